The number of benzene rings is 3. The van der Waals surface area contributed by atoms with Crippen molar-refractivity contribution >= 4 is 17.5 Å². The summed E-state index contributed by atoms with van der Waals surface area (Å²) in [4.78, 5) is 32.0. The lowest BCUT2D eigenvalue weighted by Crippen LogP contribution is -2.50. The highest BCUT2D eigenvalue weighted by Gasteiger charge is 2.39. The van der Waals surface area contributed by atoms with Crippen LogP contribution in [0.15, 0.2) is 60.7 Å². The molecule has 40 heavy (non-hydrogen) atoms. The predicted molar refractivity (Wildman–Crippen MR) is 144 cm³/mol. The van der Waals surface area contributed by atoms with Crippen molar-refractivity contribution < 1.29 is 32.6 Å². The molecule has 3 aromatic rings. The van der Waals surface area contributed by atoms with E-state index >= 15 is 0 Å². The topological polar surface area (TPSA) is 73.3 Å². The molecule has 1 saturated heterocycles. The van der Waals surface area contributed by atoms with E-state index in [0.717, 1.165) is 42.1 Å². The van der Waals surface area contributed by atoms with Crippen LogP contribution in [0.2, 0.25) is 0 Å². The van der Waals surface area contributed by atoms with Crippen molar-refractivity contribution in [2.75, 3.05) is 38.2 Å². The first-order chi connectivity index (χ1) is 19.1. The second-order valence-electron chi connectivity index (χ2n) is 10.2. The van der Waals surface area contributed by atoms with Gasteiger partial charge in [-0.1, -0.05) is 24.3 Å². The summed E-state index contributed by atoms with van der Waals surface area (Å²) in [7, 11) is 1.52. The first-order valence-electron chi connectivity index (χ1n) is 13.1. The van der Waals surface area contributed by atoms with Crippen LogP contribution in [0.1, 0.15) is 44.3 Å². The molecule has 2 aliphatic rings. The molecule has 10 heteroatoms. The fraction of sp³-hybridized carbons (Fsp3) is 0.333. The van der Waals surface area contributed by atoms with Crippen LogP contribution in [-0.4, -0.2) is 66.1 Å². The van der Waals surface area contributed by atoms with Crippen LogP contribution in [-0.2, 0) is 19.1 Å². The highest BCUT2D eigenvalue weighted by Crippen LogP contribution is 2.35. The number of phenols is 1. The summed E-state index contributed by atoms with van der Waals surface area (Å²) in [6.45, 7) is 4.70. The van der Waals surface area contributed by atoms with Gasteiger partial charge in [0, 0.05) is 32.2 Å². The molecule has 0 radical (unpaired) electrons. The average molecular weight is 554 g/mol. The van der Waals surface area contributed by atoms with Gasteiger partial charge in [0.15, 0.2) is 11.5 Å². The number of halogens is 3. The zero-order valence-corrected chi connectivity index (χ0v) is 22.2. The number of nitrogens with zero attached hydrogens (tertiary/aromatic N) is 3. The summed E-state index contributed by atoms with van der Waals surface area (Å²) in [5, 5.41) is 9.86. The smallest absolute Gasteiger partial charge is 0.416 e. The molecule has 7 nitrogen and oxygen atoms in total. The van der Waals surface area contributed by atoms with Gasteiger partial charge in [-0.05, 0) is 60.9 Å². The third-order valence-electron chi connectivity index (χ3n) is 7.63. The molecule has 2 amide bonds. The van der Waals surface area contributed by atoms with Crippen LogP contribution in [0, 0.1) is 0 Å². The van der Waals surface area contributed by atoms with Crippen LogP contribution in [0.5, 0.6) is 11.5 Å². The van der Waals surface area contributed by atoms with E-state index in [-0.39, 0.29) is 29.5 Å². The van der Waals surface area contributed by atoms with Crippen molar-refractivity contribution in [3.05, 3.63) is 88.5 Å². The standard InChI is InChI=1S/C30H30F3N3O4/c1-19(15-20-9-10-25(37)26(17-20)40-2)34-11-13-35(14-12-34)24-8-4-7-23-27(24)29(39)36(28(23)38)18-21-5-3-6-22(16-21)30(31,32)33/h3-10,16-17,19,37H,11-15,18H2,1-2H3/t19-/m0/s1. The Hall–Kier alpha value is -4.05. The van der Waals surface area contributed by atoms with Crippen LogP contribution in [0.4, 0.5) is 18.9 Å². The molecule has 1 atom stereocenters. The Morgan fingerprint density at radius 2 is 1.65 bits per heavy atom. The molecule has 0 aromatic heterocycles. The number of anilines is 1. The number of fused-ring (bicyclic) bond motifs is 1. The van der Waals surface area contributed by atoms with Crippen molar-refractivity contribution in [1.82, 2.24) is 9.80 Å². The highest BCUT2D eigenvalue weighted by molar-refractivity contribution is 6.23. The molecule has 3 aromatic carbocycles. The average Bonchev–Trinajstić information content (AvgIpc) is 3.18. The van der Waals surface area contributed by atoms with Crippen LogP contribution >= 0.6 is 0 Å². The molecule has 0 unspecified atom stereocenters. The molecule has 0 spiro atoms. The number of carbonyl (C=O) groups is 2. The molecule has 210 valence electrons. The number of carbonyl (C=O) groups excluding carboxylic acids is 2. The number of rotatable bonds is 7. The summed E-state index contributed by atoms with van der Waals surface area (Å²) >= 11 is 0. The monoisotopic (exact) mass is 553 g/mol. The maximum Gasteiger partial charge on any atom is 0.416 e. The van der Waals surface area contributed by atoms with E-state index in [9.17, 15) is 27.9 Å². The second kappa shape index (κ2) is 10.8. The minimum absolute atomic E-state index is 0.101. The highest BCUT2D eigenvalue weighted by atomic mass is 19.4. The van der Waals surface area contributed by atoms with Gasteiger partial charge in [-0.25, -0.2) is 0 Å². The van der Waals surface area contributed by atoms with Crippen molar-refractivity contribution in [3.63, 3.8) is 0 Å². The van der Waals surface area contributed by atoms with Gasteiger partial charge in [-0.2, -0.15) is 13.2 Å². The van der Waals surface area contributed by atoms with Gasteiger partial charge in [0.05, 0.1) is 36.0 Å². The Balaban J connectivity index is 1.27. The number of imide groups is 1. The number of piperazine rings is 1. The fourth-order valence-corrected chi connectivity index (χ4v) is 5.47. The summed E-state index contributed by atoms with van der Waals surface area (Å²) in [6, 6.07) is 15.4. The van der Waals surface area contributed by atoms with Crippen LogP contribution in [0.3, 0.4) is 0 Å². The first kappa shape index (κ1) is 27.5. The van der Waals surface area contributed by atoms with E-state index in [1.165, 1.54) is 19.2 Å². The summed E-state index contributed by atoms with van der Waals surface area (Å²) in [5.41, 5.74) is 1.70. The SMILES string of the molecule is COc1cc(C[C@H](C)N2CCN(c3cccc4c3C(=O)N(Cc3cccc(C(F)(F)F)c3)C4=O)CC2)ccc1O. The molecular weight excluding hydrogens is 523 g/mol. The normalized spacial score (nSPS) is 16.8. The number of hydrogen-bond donors (Lipinski definition) is 1. The van der Waals surface area contributed by atoms with Gasteiger partial charge in [0.25, 0.3) is 11.8 Å². The van der Waals surface area contributed by atoms with E-state index in [2.05, 4.69) is 16.7 Å². The number of alkyl halides is 3. The van der Waals surface area contributed by atoms with Crippen molar-refractivity contribution in [3.8, 4) is 11.5 Å². The molecule has 1 N–H and O–H groups in total. The number of ether oxygens (including phenoxy) is 1. The molecule has 0 saturated carbocycles. The summed E-state index contributed by atoms with van der Waals surface area (Å²) < 4.78 is 44.7. The number of phenolic OH excluding ortho intramolecular Hbond substituents is 1. The lowest BCUT2D eigenvalue weighted by Gasteiger charge is -2.39. The predicted octanol–water partition coefficient (Wildman–Crippen LogP) is 4.97. The van der Waals surface area contributed by atoms with Crippen LogP contribution in [0.25, 0.3) is 0 Å². The Bertz CT molecular complexity index is 1430. The second-order valence-corrected chi connectivity index (χ2v) is 10.2. The Morgan fingerprint density at radius 1 is 0.925 bits per heavy atom. The van der Waals surface area contributed by atoms with Gasteiger partial charge < -0.3 is 14.7 Å². The first-order valence-corrected chi connectivity index (χ1v) is 13.1. The number of aromatic hydroxyl groups is 1. The maximum absolute atomic E-state index is 13.4. The van der Waals surface area contributed by atoms with E-state index in [1.807, 2.05) is 18.2 Å². The minimum Gasteiger partial charge on any atom is -0.504 e. The van der Waals surface area contributed by atoms with Crippen LogP contribution < -0.4 is 9.64 Å². The fourth-order valence-electron chi connectivity index (χ4n) is 5.47. The molecule has 5 rings (SSSR count). The zero-order chi connectivity index (χ0) is 28.6. The number of amides is 2. The van der Waals surface area contributed by atoms with E-state index in [4.69, 9.17) is 4.74 Å². The molecule has 0 aliphatic carbocycles. The van der Waals surface area contributed by atoms with Crippen molar-refractivity contribution in [2.45, 2.75) is 32.1 Å². The Labute approximate surface area is 230 Å². The summed E-state index contributed by atoms with van der Waals surface area (Å²) in [6.07, 6.45) is -3.74. The number of methoxy groups -OCH3 is 1. The van der Waals surface area contributed by atoms with Crippen molar-refractivity contribution in [1.29, 1.82) is 0 Å². The van der Waals surface area contributed by atoms with E-state index < -0.39 is 23.6 Å². The third kappa shape index (κ3) is 5.36. The maximum atomic E-state index is 13.4. The Kier molecular flexibility index (Phi) is 7.46. The molecule has 2 heterocycles. The van der Waals surface area contributed by atoms with Crippen molar-refractivity contribution in [2.24, 2.45) is 0 Å². The third-order valence-corrected chi connectivity index (χ3v) is 7.63. The molecule has 1 fully saturated rings. The lowest BCUT2D eigenvalue weighted by atomic mass is 10.0. The molecule has 2 aliphatic heterocycles. The van der Waals surface area contributed by atoms with Gasteiger partial charge >= 0.3 is 6.18 Å². The zero-order valence-electron chi connectivity index (χ0n) is 22.2. The quantitative estimate of drug-likeness (QED) is 0.417. The number of hydrogen-bond acceptors (Lipinski definition) is 6. The van der Waals surface area contributed by atoms with E-state index in [0.29, 0.717) is 30.1 Å². The van der Waals surface area contributed by atoms with E-state index in [1.54, 1.807) is 18.2 Å². The van der Waals surface area contributed by atoms with Gasteiger partial charge in [-0.3, -0.25) is 19.4 Å². The largest absolute Gasteiger partial charge is 0.504 e. The molecule has 0 bridgehead atoms. The van der Waals surface area contributed by atoms with Gasteiger partial charge in [-0.15, -0.1) is 0 Å². The summed E-state index contributed by atoms with van der Waals surface area (Å²) in [5.74, 6) is -0.459. The lowest BCUT2D eigenvalue weighted by molar-refractivity contribution is -0.137. The Morgan fingerprint density at radius 3 is 2.35 bits per heavy atom. The van der Waals surface area contributed by atoms with Gasteiger partial charge in [0.2, 0.25) is 0 Å². The molecular formula is C30H30F3N3O4. The minimum atomic E-state index is -4.51. The van der Waals surface area contributed by atoms with Gasteiger partial charge in [0.1, 0.15) is 0 Å².